The van der Waals surface area contributed by atoms with Crippen molar-refractivity contribution in [2.45, 2.75) is 71.1 Å². The Hall–Kier alpha value is -2.79. The Bertz CT molecular complexity index is 957. The van der Waals surface area contributed by atoms with Crippen LogP contribution in [0.3, 0.4) is 0 Å². The maximum absolute atomic E-state index is 11.6. The second kappa shape index (κ2) is 14.7. The lowest BCUT2D eigenvalue weighted by molar-refractivity contribution is -0.139. The Balaban J connectivity index is 1.65. The molecule has 2 aromatic carbocycles. The number of rotatable bonds is 14. The van der Waals surface area contributed by atoms with Crippen LogP contribution in [0.25, 0.3) is 11.1 Å². The van der Waals surface area contributed by atoms with Crippen LogP contribution in [-0.2, 0) is 9.53 Å². The van der Waals surface area contributed by atoms with E-state index in [2.05, 4.69) is 37.8 Å². The van der Waals surface area contributed by atoms with Gasteiger partial charge in [-0.15, -0.1) is 0 Å². The van der Waals surface area contributed by atoms with E-state index >= 15 is 0 Å². The highest BCUT2D eigenvalue weighted by Gasteiger charge is 2.22. The third kappa shape index (κ3) is 8.41. The third-order valence-corrected chi connectivity index (χ3v) is 6.99. The Morgan fingerprint density at radius 2 is 1.72 bits per heavy atom. The van der Waals surface area contributed by atoms with Gasteiger partial charge in [-0.25, -0.2) is 4.79 Å². The summed E-state index contributed by atoms with van der Waals surface area (Å²) in [6.45, 7) is 7.99. The molecule has 0 spiro atoms. The summed E-state index contributed by atoms with van der Waals surface area (Å²) in [5.74, 6) is 2.40. The monoisotopic (exact) mass is 494 g/mol. The quantitative estimate of drug-likeness (QED) is 0.173. The highest BCUT2D eigenvalue weighted by atomic mass is 16.6. The lowest BCUT2D eigenvalue weighted by Gasteiger charge is -2.29. The molecule has 0 radical (unpaired) electrons. The molecule has 3 rings (SSSR count). The predicted molar refractivity (Wildman–Crippen MR) is 145 cm³/mol. The minimum absolute atomic E-state index is 0.0586. The topological polar surface area (TPSA) is 65.0 Å². The highest BCUT2D eigenvalue weighted by Crippen LogP contribution is 2.39. The molecule has 2 aromatic rings. The van der Waals surface area contributed by atoms with Gasteiger partial charge in [-0.1, -0.05) is 63.5 Å². The smallest absolute Gasteiger partial charge is 0.333 e. The summed E-state index contributed by atoms with van der Waals surface area (Å²) in [5, 5.41) is 9.08. The summed E-state index contributed by atoms with van der Waals surface area (Å²) >= 11 is 0. The fourth-order valence-corrected chi connectivity index (χ4v) is 4.93. The van der Waals surface area contributed by atoms with Gasteiger partial charge in [-0.3, -0.25) is 0 Å². The van der Waals surface area contributed by atoms with Crippen molar-refractivity contribution >= 4 is 5.97 Å². The maximum Gasteiger partial charge on any atom is 0.333 e. The van der Waals surface area contributed by atoms with Crippen molar-refractivity contribution in [2.75, 3.05) is 26.4 Å². The second-order valence-corrected chi connectivity index (χ2v) is 9.83. The predicted octanol–water partition coefficient (Wildman–Crippen LogP) is 7.08. The highest BCUT2D eigenvalue weighted by molar-refractivity contribution is 5.86. The Labute approximate surface area is 216 Å². The zero-order valence-corrected chi connectivity index (χ0v) is 22.0. The van der Waals surface area contributed by atoms with Crippen molar-refractivity contribution in [3.05, 3.63) is 60.2 Å². The van der Waals surface area contributed by atoms with E-state index in [0.717, 1.165) is 17.0 Å². The molecule has 196 valence electrons. The molecule has 1 saturated carbocycles. The third-order valence-electron chi connectivity index (χ3n) is 6.99. The van der Waals surface area contributed by atoms with E-state index in [1.54, 1.807) is 6.92 Å². The zero-order chi connectivity index (χ0) is 25.8. The molecule has 1 aliphatic carbocycles. The molecule has 0 bridgehead atoms. The largest absolute Gasteiger partial charge is 0.491 e. The average molecular weight is 495 g/mol. The van der Waals surface area contributed by atoms with Crippen LogP contribution in [0, 0.1) is 5.92 Å². The lowest BCUT2D eigenvalue weighted by Crippen LogP contribution is -2.13. The summed E-state index contributed by atoms with van der Waals surface area (Å²) in [6, 6.07) is 14.5. The number of aliphatic hydroxyl groups excluding tert-OH is 1. The van der Waals surface area contributed by atoms with Gasteiger partial charge in [-0.05, 0) is 67.7 Å². The number of carbonyl (C=O) groups excluding carboxylic acids is 1. The van der Waals surface area contributed by atoms with Crippen LogP contribution in [0.4, 0.5) is 0 Å². The van der Waals surface area contributed by atoms with E-state index < -0.39 is 5.97 Å². The first-order chi connectivity index (χ1) is 17.5. The molecule has 1 N–H and O–H groups in total. The van der Waals surface area contributed by atoms with Crippen LogP contribution in [0.15, 0.2) is 54.6 Å². The minimum atomic E-state index is -0.426. The van der Waals surface area contributed by atoms with Crippen molar-refractivity contribution in [1.29, 1.82) is 0 Å². The van der Waals surface area contributed by atoms with Crippen LogP contribution in [0.5, 0.6) is 11.5 Å². The molecule has 5 heteroatoms. The van der Waals surface area contributed by atoms with Crippen molar-refractivity contribution in [3.8, 4) is 22.6 Å². The summed E-state index contributed by atoms with van der Waals surface area (Å²) < 4.78 is 16.7. The Kier molecular flexibility index (Phi) is 11.3. The fourth-order valence-electron chi connectivity index (χ4n) is 4.93. The first kappa shape index (κ1) is 27.8. The normalized spacial score (nSPS) is 17.4. The number of aliphatic hydroxyl groups is 1. The molecule has 1 fully saturated rings. The number of unbranched alkanes of at least 4 members (excludes halogenated alkanes) is 2. The fraction of sp³-hybridized carbons (Fsp3) is 0.516. The van der Waals surface area contributed by atoms with Gasteiger partial charge < -0.3 is 19.3 Å². The Morgan fingerprint density at radius 3 is 2.39 bits per heavy atom. The molecule has 0 unspecified atom stereocenters. The van der Waals surface area contributed by atoms with Crippen molar-refractivity contribution in [2.24, 2.45) is 5.92 Å². The van der Waals surface area contributed by atoms with Gasteiger partial charge in [-0.2, -0.15) is 0 Å². The first-order valence-corrected chi connectivity index (χ1v) is 13.4. The first-order valence-electron chi connectivity index (χ1n) is 13.4. The molecule has 36 heavy (non-hydrogen) atoms. The van der Waals surface area contributed by atoms with Crippen LogP contribution in [-0.4, -0.2) is 37.5 Å². The van der Waals surface area contributed by atoms with E-state index in [9.17, 15) is 4.79 Å². The van der Waals surface area contributed by atoms with E-state index in [1.165, 1.54) is 56.9 Å². The number of hydrogen-bond acceptors (Lipinski definition) is 5. The molecule has 0 heterocycles. The van der Waals surface area contributed by atoms with E-state index in [4.69, 9.17) is 19.3 Å². The number of hydrogen-bond donors (Lipinski definition) is 1. The molecule has 5 nitrogen and oxygen atoms in total. The molecular weight excluding hydrogens is 452 g/mol. The molecule has 0 aliphatic heterocycles. The summed E-state index contributed by atoms with van der Waals surface area (Å²) in [5.41, 5.74) is 3.79. The molecule has 0 aromatic heterocycles. The van der Waals surface area contributed by atoms with E-state index in [0.29, 0.717) is 23.0 Å². The summed E-state index contributed by atoms with van der Waals surface area (Å²) in [6.07, 6.45) is 10.7. The average Bonchev–Trinajstić information content (AvgIpc) is 2.90. The number of esters is 1. The summed E-state index contributed by atoms with van der Waals surface area (Å²) in [7, 11) is 0. The SMILES string of the molecule is C=C(C)C(=O)OCCOc1cc(OCCO)ccc1-c1ccc(C2CCC(CCCCC)CC2)cc1. The van der Waals surface area contributed by atoms with E-state index in [-0.39, 0.29) is 26.4 Å². The number of ether oxygens (including phenoxy) is 3. The number of carbonyl (C=O) groups is 1. The van der Waals surface area contributed by atoms with Gasteiger partial charge in [0.25, 0.3) is 0 Å². The van der Waals surface area contributed by atoms with E-state index in [1.807, 2.05) is 18.2 Å². The van der Waals surface area contributed by atoms with Crippen LogP contribution in [0.1, 0.15) is 76.7 Å². The zero-order valence-electron chi connectivity index (χ0n) is 22.0. The molecular formula is C31H42O5. The lowest BCUT2D eigenvalue weighted by atomic mass is 9.77. The van der Waals surface area contributed by atoms with Gasteiger partial charge in [0.2, 0.25) is 0 Å². The summed E-state index contributed by atoms with van der Waals surface area (Å²) in [4.78, 5) is 11.6. The van der Waals surface area contributed by atoms with Gasteiger partial charge >= 0.3 is 5.97 Å². The van der Waals surface area contributed by atoms with Crippen LogP contribution < -0.4 is 9.47 Å². The number of benzene rings is 2. The van der Waals surface area contributed by atoms with Crippen LogP contribution >= 0.6 is 0 Å². The standard InChI is InChI=1S/C31H42O5/c1-4-5-6-7-24-8-10-25(11-9-24)26-12-14-27(15-13-26)29-17-16-28(34-19-18-32)22-30(29)35-20-21-36-31(33)23(2)3/h12-17,22,24-25,32H,2,4-11,18-21H2,1,3H3. The van der Waals surface area contributed by atoms with Crippen molar-refractivity contribution in [3.63, 3.8) is 0 Å². The second-order valence-electron chi connectivity index (χ2n) is 9.83. The van der Waals surface area contributed by atoms with Gasteiger partial charge in [0.05, 0.1) is 6.61 Å². The van der Waals surface area contributed by atoms with Gasteiger partial charge in [0.1, 0.15) is 31.3 Å². The maximum atomic E-state index is 11.6. The minimum Gasteiger partial charge on any atom is -0.491 e. The van der Waals surface area contributed by atoms with Gasteiger partial charge in [0.15, 0.2) is 0 Å². The van der Waals surface area contributed by atoms with Crippen molar-refractivity contribution in [1.82, 2.24) is 0 Å². The molecule has 0 amide bonds. The Morgan fingerprint density at radius 1 is 0.972 bits per heavy atom. The van der Waals surface area contributed by atoms with Crippen LogP contribution in [0.2, 0.25) is 0 Å². The van der Waals surface area contributed by atoms with Crippen molar-refractivity contribution < 1.29 is 24.1 Å². The molecule has 0 saturated heterocycles. The molecule has 0 atom stereocenters. The van der Waals surface area contributed by atoms with Gasteiger partial charge in [0, 0.05) is 17.2 Å². The molecule has 1 aliphatic rings.